The molecule has 3 heterocycles. The number of anilines is 1. The molecular weight excluding hydrogens is 909 g/mol. The van der Waals surface area contributed by atoms with Crippen LogP contribution in [0.3, 0.4) is 0 Å². The number of aliphatic hydroxyl groups is 3. The van der Waals surface area contributed by atoms with Gasteiger partial charge < -0.3 is 34.8 Å². The number of carbonyl (C=O) groups is 4. The second kappa shape index (κ2) is 20.8. The molecule has 0 aliphatic carbocycles. The number of rotatable bonds is 14. The molecule has 1 spiro atoms. The van der Waals surface area contributed by atoms with E-state index in [1.165, 1.54) is 30.3 Å². The van der Waals surface area contributed by atoms with E-state index in [0.717, 1.165) is 4.90 Å². The van der Waals surface area contributed by atoms with Crippen molar-refractivity contribution in [3.8, 4) is 17.6 Å². The molecule has 360 valence electrons. The van der Waals surface area contributed by atoms with E-state index in [2.05, 4.69) is 17.2 Å². The number of nitrogens with zero attached hydrogens (tertiary/aromatic N) is 3. The van der Waals surface area contributed by atoms with Gasteiger partial charge in [0.25, 0.3) is 5.69 Å². The SMILES string of the molecule is O=C1OC(c2ccccc2)C(c2ccccc2)N2C1C(C(=O)NCC(O)c1ccccc1)C1(C(=O)N(C(=O)OCc3ccc([N+](=O)[O-])cc3)c3ccc(C#CCCO)cc31)C2c1cccc(OCCO)c1. The van der Waals surface area contributed by atoms with Crippen LogP contribution in [-0.4, -0.2) is 81.4 Å². The molecule has 3 aliphatic heterocycles. The summed E-state index contributed by atoms with van der Waals surface area (Å²) >= 11 is 0. The van der Waals surface area contributed by atoms with Gasteiger partial charge in [0, 0.05) is 30.7 Å². The monoisotopic (exact) mass is 956 g/mol. The highest BCUT2D eigenvalue weighted by Crippen LogP contribution is 2.66. The molecule has 0 bridgehead atoms. The lowest BCUT2D eigenvalue weighted by molar-refractivity contribution is -0.384. The average Bonchev–Trinajstić information content (AvgIpc) is 3.86. The van der Waals surface area contributed by atoms with E-state index in [1.807, 2.05) is 65.6 Å². The van der Waals surface area contributed by atoms with Crippen molar-refractivity contribution in [2.75, 3.05) is 31.3 Å². The normalized spacial score (nSPS) is 21.6. The van der Waals surface area contributed by atoms with Crippen LogP contribution >= 0.6 is 0 Å². The van der Waals surface area contributed by atoms with Crippen LogP contribution in [0.25, 0.3) is 0 Å². The molecule has 0 aromatic heterocycles. The van der Waals surface area contributed by atoms with Crippen molar-refractivity contribution in [3.63, 3.8) is 0 Å². The Balaban J connectivity index is 1.30. The van der Waals surface area contributed by atoms with Gasteiger partial charge in [0.05, 0.1) is 47.9 Å². The van der Waals surface area contributed by atoms with Crippen molar-refractivity contribution in [2.45, 2.75) is 48.8 Å². The lowest BCUT2D eigenvalue weighted by Gasteiger charge is -2.46. The average molecular weight is 957 g/mol. The van der Waals surface area contributed by atoms with E-state index in [0.29, 0.717) is 39.1 Å². The predicted molar refractivity (Wildman–Crippen MR) is 257 cm³/mol. The number of morpholine rings is 1. The van der Waals surface area contributed by atoms with E-state index < -0.39 is 77.1 Å². The Morgan fingerprint density at radius 3 is 2.15 bits per heavy atom. The van der Waals surface area contributed by atoms with E-state index >= 15 is 14.4 Å². The number of nitrogens with one attached hydrogen (secondary N) is 1. The number of hydrogen-bond donors (Lipinski definition) is 4. The lowest BCUT2D eigenvalue weighted by atomic mass is 9.65. The highest BCUT2D eigenvalue weighted by atomic mass is 16.6. The highest BCUT2D eigenvalue weighted by Gasteiger charge is 2.75. The number of cyclic esters (lactones) is 1. The van der Waals surface area contributed by atoms with Crippen molar-refractivity contribution in [1.82, 2.24) is 10.2 Å². The smallest absolute Gasteiger partial charge is 0.421 e. The first kappa shape index (κ1) is 47.8. The Morgan fingerprint density at radius 2 is 1.48 bits per heavy atom. The van der Waals surface area contributed by atoms with E-state index in [1.54, 1.807) is 66.7 Å². The van der Waals surface area contributed by atoms with Crippen LogP contribution in [0.2, 0.25) is 0 Å². The summed E-state index contributed by atoms with van der Waals surface area (Å²) in [5.74, 6) is 1.97. The van der Waals surface area contributed by atoms with Crippen LogP contribution in [0.5, 0.6) is 5.75 Å². The van der Waals surface area contributed by atoms with Crippen molar-refractivity contribution in [1.29, 1.82) is 0 Å². The summed E-state index contributed by atoms with van der Waals surface area (Å²) in [6.45, 7) is -1.37. The van der Waals surface area contributed by atoms with Crippen LogP contribution in [0.15, 0.2) is 158 Å². The Labute approximate surface area is 408 Å². The van der Waals surface area contributed by atoms with Gasteiger partial charge in [-0.05, 0) is 75.8 Å². The molecule has 71 heavy (non-hydrogen) atoms. The molecule has 16 nitrogen and oxygen atoms in total. The third-order valence-corrected chi connectivity index (χ3v) is 13.1. The fraction of sp³-hybridized carbons (Fsp3) is 0.236. The maximum absolute atomic E-state index is 16.5. The number of imide groups is 1. The number of fused-ring (bicyclic) bond motifs is 3. The Kier molecular flexibility index (Phi) is 14.0. The Bertz CT molecular complexity index is 3000. The molecule has 3 amide bonds. The minimum absolute atomic E-state index is 0.0281. The first-order valence-electron chi connectivity index (χ1n) is 23.0. The van der Waals surface area contributed by atoms with Gasteiger partial charge in [0.15, 0.2) is 0 Å². The first-order valence-corrected chi connectivity index (χ1v) is 23.0. The standard InChI is InChI=1S/C55H48N4O12/c60-28-11-10-13-35-24-27-44-43(31-35)55(53(65)57(44)54(66)70-34-36-22-25-41(26-23-36)59(67)68)46(51(63)56-33-45(62)37-14-4-1-5-15-37)48-52(64)71-49(39-18-8-3-9-19-39)47(38-16-6-2-7-17-38)58(48)50(55)40-20-12-21-42(32-40)69-30-29-61/h1-9,12,14-27,31-32,45-50,60-62H,11,28-30,33-34H2,(H,56,63). The molecule has 16 heteroatoms. The number of nitro benzene ring substituents is 1. The quantitative estimate of drug-likeness (QED) is 0.0395. The van der Waals surface area contributed by atoms with Gasteiger partial charge in [-0.2, -0.15) is 0 Å². The zero-order chi connectivity index (χ0) is 49.6. The maximum Gasteiger partial charge on any atom is 0.421 e. The van der Waals surface area contributed by atoms with Crippen LogP contribution in [0.4, 0.5) is 16.2 Å². The summed E-state index contributed by atoms with van der Waals surface area (Å²) in [7, 11) is 0. The van der Waals surface area contributed by atoms with Gasteiger partial charge in [0.1, 0.15) is 36.5 Å². The van der Waals surface area contributed by atoms with Crippen molar-refractivity contribution >= 4 is 35.3 Å². The summed E-state index contributed by atoms with van der Waals surface area (Å²) in [5, 5.41) is 45.2. The second-order valence-corrected chi connectivity index (χ2v) is 17.2. The number of amides is 3. The van der Waals surface area contributed by atoms with Crippen molar-refractivity contribution in [3.05, 3.63) is 207 Å². The second-order valence-electron chi connectivity index (χ2n) is 17.2. The van der Waals surface area contributed by atoms with Gasteiger partial charge in [-0.3, -0.25) is 29.4 Å². The van der Waals surface area contributed by atoms with Crippen LogP contribution in [0.1, 0.15) is 69.7 Å². The number of hydrogen-bond acceptors (Lipinski definition) is 13. The van der Waals surface area contributed by atoms with Crippen LogP contribution < -0.4 is 15.0 Å². The molecule has 7 unspecified atom stereocenters. The molecule has 0 radical (unpaired) electrons. The molecule has 2 saturated heterocycles. The zero-order valence-corrected chi connectivity index (χ0v) is 38.1. The van der Waals surface area contributed by atoms with Crippen molar-refractivity contribution in [2.24, 2.45) is 5.92 Å². The summed E-state index contributed by atoms with van der Waals surface area (Å²) < 4.78 is 18.3. The van der Waals surface area contributed by atoms with Gasteiger partial charge >= 0.3 is 12.1 Å². The first-order chi connectivity index (χ1) is 34.6. The largest absolute Gasteiger partial charge is 0.491 e. The van der Waals surface area contributed by atoms with Crippen molar-refractivity contribution < 1.29 is 53.6 Å². The molecule has 3 aliphatic rings. The molecule has 2 fully saturated rings. The number of non-ortho nitro benzene ring substituents is 1. The van der Waals surface area contributed by atoms with Gasteiger partial charge in [-0.25, -0.2) is 9.69 Å². The molecule has 0 saturated carbocycles. The number of aliphatic hydroxyl groups excluding tert-OH is 3. The molecular formula is C55H48N4O12. The fourth-order valence-electron chi connectivity index (χ4n) is 10.1. The number of benzene rings is 6. The summed E-state index contributed by atoms with van der Waals surface area (Å²) in [4.78, 5) is 75.9. The zero-order valence-electron chi connectivity index (χ0n) is 38.1. The number of carbonyl (C=O) groups excluding carboxylic acids is 4. The number of ether oxygens (including phenoxy) is 3. The molecule has 4 N–H and O–H groups in total. The Morgan fingerprint density at radius 1 is 0.803 bits per heavy atom. The molecule has 6 aromatic carbocycles. The lowest BCUT2D eigenvalue weighted by Crippen LogP contribution is -2.56. The highest BCUT2D eigenvalue weighted by molar-refractivity contribution is 6.23. The molecule has 9 rings (SSSR count). The van der Waals surface area contributed by atoms with E-state index in [9.17, 15) is 30.2 Å². The fourth-order valence-corrected chi connectivity index (χ4v) is 10.1. The maximum atomic E-state index is 16.5. The number of esters is 1. The van der Waals surface area contributed by atoms with Gasteiger partial charge in [0.2, 0.25) is 11.8 Å². The third kappa shape index (κ3) is 9.10. The summed E-state index contributed by atoms with van der Waals surface area (Å²) in [6, 6.07) is 40.1. The van der Waals surface area contributed by atoms with Crippen LogP contribution in [0, 0.1) is 27.9 Å². The third-order valence-electron chi connectivity index (χ3n) is 13.1. The summed E-state index contributed by atoms with van der Waals surface area (Å²) in [5.41, 5.74) is 0.696. The molecule has 6 aromatic rings. The summed E-state index contributed by atoms with van der Waals surface area (Å²) in [6.07, 6.45) is -3.25. The molecule has 7 atom stereocenters. The predicted octanol–water partition coefficient (Wildman–Crippen LogP) is 6.55. The van der Waals surface area contributed by atoms with Gasteiger partial charge in [-0.1, -0.05) is 115 Å². The topological polar surface area (TPSA) is 218 Å². The van der Waals surface area contributed by atoms with Crippen LogP contribution in [-0.2, 0) is 35.9 Å². The minimum atomic E-state index is -2.21. The Hall–Kier alpha value is -8.20. The van der Waals surface area contributed by atoms with Gasteiger partial charge in [-0.15, -0.1) is 0 Å². The van der Waals surface area contributed by atoms with E-state index in [-0.39, 0.29) is 49.7 Å². The van der Waals surface area contributed by atoms with E-state index in [4.69, 9.17) is 14.2 Å². The minimum Gasteiger partial charge on any atom is -0.491 e. The number of nitro groups is 1.